The number of fused-ring (bicyclic) bond motifs is 5. The third-order valence-electron chi connectivity index (χ3n) is 10.1. The first-order valence-electron chi connectivity index (χ1n) is 15.2. The largest absolute Gasteiger partial charge is 0.462 e. The van der Waals surface area contributed by atoms with E-state index in [4.69, 9.17) is 33.2 Å². The predicted molar refractivity (Wildman–Crippen MR) is 153 cm³/mol. The molecule has 13 heteroatoms. The number of rotatable bonds is 6. The number of carbonyl (C=O) groups excluding carboxylic acids is 6. The predicted octanol–water partition coefficient (Wildman–Crippen LogP) is 2.75. The lowest BCUT2D eigenvalue weighted by atomic mass is 9.45. The molecule has 0 radical (unpaired) electrons. The van der Waals surface area contributed by atoms with Gasteiger partial charge in [0.25, 0.3) is 0 Å². The average molecular weight is 637 g/mol. The third-order valence-corrected chi connectivity index (χ3v) is 10.1. The molecule has 13 nitrogen and oxygen atoms in total. The van der Waals surface area contributed by atoms with Crippen molar-refractivity contribution < 1.29 is 61.9 Å². The summed E-state index contributed by atoms with van der Waals surface area (Å²) in [5, 5.41) is 0. The van der Waals surface area contributed by atoms with Gasteiger partial charge in [-0.1, -0.05) is 20.8 Å². The van der Waals surface area contributed by atoms with Crippen LogP contribution in [0.3, 0.4) is 0 Å². The minimum atomic E-state index is -1.50. The molecule has 45 heavy (non-hydrogen) atoms. The molecule has 0 spiro atoms. The summed E-state index contributed by atoms with van der Waals surface area (Å²) >= 11 is 0. The number of ether oxygens (including phenoxy) is 7. The minimum absolute atomic E-state index is 0.0410. The Morgan fingerprint density at radius 1 is 0.711 bits per heavy atom. The molecule has 0 aromatic carbocycles. The molecule has 3 aliphatic carbocycles. The van der Waals surface area contributed by atoms with Crippen LogP contribution in [0.15, 0.2) is 11.1 Å². The standard InChI is InChI=1S/C32H44O13/c1-14-22(40-15(2)33)11-21-26(42-17(4)35)28-31(10,23(41-16(3)34)12-24-32(28,13-39-24)45-20(7)38)29(44-19(6)37)27(43-18(5)36)25(14)30(21,8)9/h21-24,26-29H,11-13H2,1-10H3. The van der Waals surface area contributed by atoms with Gasteiger partial charge in [-0.3, -0.25) is 28.8 Å². The Kier molecular flexibility index (Phi) is 9.20. The van der Waals surface area contributed by atoms with E-state index in [0.29, 0.717) is 11.1 Å². The zero-order chi connectivity index (χ0) is 33.8. The molecule has 1 saturated heterocycles. The SMILES string of the molecule is CC(=O)OC1CC2C(OC(C)=O)C3C4(OC(C)=O)COC4CC(OC(C)=O)C3(C)C(OC(C)=O)C(OC(C)=O)C(=C1C)C2(C)C. The topological polar surface area (TPSA) is 167 Å². The van der Waals surface area contributed by atoms with Crippen LogP contribution in [0.2, 0.25) is 0 Å². The van der Waals surface area contributed by atoms with E-state index in [0.717, 1.165) is 0 Å². The number of carbonyl (C=O) groups is 6. The molecular formula is C32H44O13. The lowest BCUT2D eigenvalue weighted by Crippen LogP contribution is -2.80. The van der Waals surface area contributed by atoms with Crippen LogP contribution in [0.25, 0.3) is 0 Å². The maximum atomic E-state index is 12.9. The summed E-state index contributed by atoms with van der Waals surface area (Å²) in [6.07, 6.45) is -6.11. The molecule has 0 amide bonds. The number of esters is 6. The molecule has 10 atom stereocenters. The van der Waals surface area contributed by atoms with Crippen LogP contribution in [0.4, 0.5) is 0 Å². The Labute approximate surface area is 262 Å². The second-order valence-corrected chi connectivity index (χ2v) is 13.4. The van der Waals surface area contributed by atoms with Gasteiger partial charge in [-0.15, -0.1) is 0 Å². The van der Waals surface area contributed by atoms with Gasteiger partial charge in [-0.25, -0.2) is 0 Å². The molecular weight excluding hydrogens is 592 g/mol. The van der Waals surface area contributed by atoms with Crippen molar-refractivity contribution in [3.63, 3.8) is 0 Å². The smallest absolute Gasteiger partial charge is 0.303 e. The molecule has 0 N–H and O–H groups in total. The quantitative estimate of drug-likeness (QED) is 0.237. The van der Waals surface area contributed by atoms with Crippen molar-refractivity contribution in [2.24, 2.45) is 22.7 Å². The van der Waals surface area contributed by atoms with Crippen LogP contribution in [0, 0.1) is 22.7 Å². The summed E-state index contributed by atoms with van der Waals surface area (Å²) < 4.78 is 42.2. The molecule has 4 rings (SSSR count). The molecule has 4 aliphatic rings. The van der Waals surface area contributed by atoms with Crippen molar-refractivity contribution in [1.29, 1.82) is 0 Å². The number of hydrogen-bond acceptors (Lipinski definition) is 13. The fourth-order valence-corrected chi connectivity index (χ4v) is 8.67. The van der Waals surface area contributed by atoms with E-state index in [2.05, 4.69) is 0 Å². The molecule has 250 valence electrons. The van der Waals surface area contributed by atoms with Gasteiger partial charge in [0.05, 0.1) is 17.9 Å². The summed E-state index contributed by atoms with van der Waals surface area (Å²) in [7, 11) is 0. The molecule has 2 bridgehead atoms. The summed E-state index contributed by atoms with van der Waals surface area (Å²) in [5.41, 5.74) is -2.76. The number of hydrogen-bond donors (Lipinski definition) is 0. The van der Waals surface area contributed by atoms with Crippen LogP contribution < -0.4 is 0 Å². The van der Waals surface area contributed by atoms with Crippen LogP contribution in [0.1, 0.15) is 82.1 Å². The highest BCUT2D eigenvalue weighted by molar-refractivity contribution is 5.70. The second kappa shape index (κ2) is 12.0. The molecule has 0 aromatic rings. The van der Waals surface area contributed by atoms with Crippen molar-refractivity contribution >= 4 is 35.8 Å². The normalized spacial score (nSPS) is 38.0. The highest BCUT2D eigenvalue weighted by Crippen LogP contribution is 2.65. The molecule has 3 fully saturated rings. The Balaban J connectivity index is 2.18. The monoisotopic (exact) mass is 636 g/mol. The van der Waals surface area contributed by atoms with Crippen LogP contribution >= 0.6 is 0 Å². The summed E-state index contributed by atoms with van der Waals surface area (Å²) in [5.74, 6) is -5.53. The average Bonchev–Trinajstić information content (AvgIpc) is 2.86. The van der Waals surface area contributed by atoms with Gasteiger partial charge < -0.3 is 33.2 Å². The molecule has 10 unspecified atom stereocenters. The first-order valence-corrected chi connectivity index (χ1v) is 15.2. The zero-order valence-electron chi connectivity index (χ0n) is 27.5. The van der Waals surface area contributed by atoms with E-state index < -0.39 is 101 Å². The van der Waals surface area contributed by atoms with E-state index in [-0.39, 0.29) is 19.4 Å². The van der Waals surface area contributed by atoms with E-state index in [1.165, 1.54) is 41.5 Å². The lowest BCUT2D eigenvalue weighted by Gasteiger charge is -2.68. The van der Waals surface area contributed by atoms with Gasteiger partial charge in [0.2, 0.25) is 0 Å². The van der Waals surface area contributed by atoms with E-state index >= 15 is 0 Å². The Morgan fingerprint density at radius 2 is 1.27 bits per heavy atom. The van der Waals surface area contributed by atoms with Crippen LogP contribution in [-0.4, -0.2) is 84.6 Å². The van der Waals surface area contributed by atoms with Crippen LogP contribution in [0.5, 0.6) is 0 Å². The van der Waals surface area contributed by atoms with Crippen molar-refractivity contribution in [3.05, 3.63) is 11.1 Å². The maximum Gasteiger partial charge on any atom is 0.303 e. The molecule has 1 aliphatic heterocycles. The van der Waals surface area contributed by atoms with E-state index in [1.54, 1.807) is 13.8 Å². The van der Waals surface area contributed by atoms with Gasteiger partial charge >= 0.3 is 35.8 Å². The zero-order valence-corrected chi connectivity index (χ0v) is 27.5. The Bertz CT molecular complexity index is 1320. The first kappa shape index (κ1) is 34.4. The van der Waals surface area contributed by atoms with Gasteiger partial charge in [0.15, 0.2) is 17.8 Å². The summed E-state index contributed by atoms with van der Waals surface area (Å²) in [6.45, 7) is 14.6. The first-order chi connectivity index (χ1) is 20.8. The fourth-order valence-electron chi connectivity index (χ4n) is 8.67. The summed E-state index contributed by atoms with van der Waals surface area (Å²) in [4.78, 5) is 76.4. The Hall–Kier alpha value is -3.48. The fraction of sp³-hybridized carbons (Fsp3) is 0.750. The maximum absolute atomic E-state index is 12.9. The molecule has 1 heterocycles. The highest BCUT2D eigenvalue weighted by atomic mass is 16.6. The Morgan fingerprint density at radius 3 is 1.73 bits per heavy atom. The third kappa shape index (κ3) is 5.83. The summed E-state index contributed by atoms with van der Waals surface area (Å²) in [6, 6.07) is 0. The van der Waals surface area contributed by atoms with Crippen molar-refractivity contribution in [2.75, 3.05) is 6.61 Å². The van der Waals surface area contributed by atoms with Crippen molar-refractivity contribution in [3.8, 4) is 0 Å². The molecule has 0 aromatic heterocycles. The highest BCUT2D eigenvalue weighted by Gasteiger charge is 2.77. The van der Waals surface area contributed by atoms with Gasteiger partial charge in [0, 0.05) is 53.9 Å². The van der Waals surface area contributed by atoms with Gasteiger partial charge in [-0.2, -0.15) is 0 Å². The minimum Gasteiger partial charge on any atom is -0.462 e. The van der Waals surface area contributed by atoms with Crippen molar-refractivity contribution in [2.45, 2.75) is 124 Å². The molecule has 2 saturated carbocycles. The van der Waals surface area contributed by atoms with Crippen molar-refractivity contribution in [1.82, 2.24) is 0 Å². The van der Waals surface area contributed by atoms with E-state index in [1.807, 2.05) is 13.8 Å². The van der Waals surface area contributed by atoms with E-state index in [9.17, 15) is 28.8 Å². The lowest BCUT2D eigenvalue weighted by molar-refractivity contribution is -0.356. The van der Waals surface area contributed by atoms with Gasteiger partial charge in [-0.05, 0) is 29.9 Å². The van der Waals surface area contributed by atoms with Gasteiger partial charge in [0.1, 0.15) is 24.4 Å². The second-order valence-electron chi connectivity index (χ2n) is 13.4. The van der Waals surface area contributed by atoms with Crippen LogP contribution in [-0.2, 0) is 61.9 Å².